The van der Waals surface area contributed by atoms with E-state index in [9.17, 15) is 0 Å². The van der Waals surface area contributed by atoms with Gasteiger partial charge in [0.25, 0.3) is 0 Å². The topological polar surface area (TPSA) is 9.23 Å². The molecule has 3 heteroatoms. The zero-order chi connectivity index (χ0) is 14.8. The second-order valence-corrected chi connectivity index (χ2v) is 12.8. The molecule has 0 aliphatic rings. The maximum atomic E-state index is 6.27. The van der Waals surface area contributed by atoms with Gasteiger partial charge in [0.1, 0.15) is 5.75 Å². The van der Waals surface area contributed by atoms with Crippen molar-refractivity contribution in [3.8, 4) is 16.9 Å². The Morgan fingerprint density at radius 2 is 1.35 bits per heavy atom. The molecule has 0 aliphatic heterocycles. The van der Waals surface area contributed by atoms with Crippen LogP contribution in [0.5, 0.6) is 5.75 Å². The molecule has 2 aromatic rings. The molecule has 0 unspecified atom stereocenters. The highest BCUT2D eigenvalue weighted by molar-refractivity contribution is 7.64. The normalized spacial score (nSPS) is 11.7. The van der Waals surface area contributed by atoms with Crippen LogP contribution in [0.25, 0.3) is 11.1 Å². The van der Waals surface area contributed by atoms with Crippen LogP contribution in [0.2, 0.25) is 19.6 Å². The van der Waals surface area contributed by atoms with E-state index >= 15 is 0 Å². The first kappa shape index (κ1) is 15.3. The van der Waals surface area contributed by atoms with E-state index in [0.29, 0.717) is 0 Å². The Kier molecular flexibility index (Phi) is 4.67. The first-order valence-corrected chi connectivity index (χ1v) is 12.6. The summed E-state index contributed by atoms with van der Waals surface area (Å²) in [6, 6.07) is 17.1. The third-order valence-corrected chi connectivity index (χ3v) is 5.17. The van der Waals surface area contributed by atoms with Crippen molar-refractivity contribution >= 4 is 21.5 Å². The van der Waals surface area contributed by atoms with Gasteiger partial charge in [-0.25, -0.2) is 0 Å². The standard InChI is InChI=1S/C17H23OPSi/c1-19(2)17-13-9-7-11-15(17)14-10-6-8-12-16(14)18-20(3,4)5/h6-13H,1-5H3. The van der Waals surface area contributed by atoms with Gasteiger partial charge in [0, 0.05) is 5.56 Å². The minimum absolute atomic E-state index is 0.130. The quantitative estimate of drug-likeness (QED) is 0.574. The van der Waals surface area contributed by atoms with Crippen LogP contribution in [0.1, 0.15) is 0 Å². The lowest BCUT2D eigenvalue weighted by Crippen LogP contribution is -2.29. The summed E-state index contributed by atoms with van der Waals surface area (Å²) in [6.45, 7) is 11.3. The van der Waals surface area contributed by atoms with Crippen molar-refractivity contribution in [1.29, 1.82) is 0 Å². The number of para-hydroxylation sites is 1. The van der Waals surface area contributed by atoms with Crippen LogP contribution in [-0.2, 0) is 0 Å². The number of rotatable bonds is 4. The third-order valence-electron chi connectivity index (χ3n) is 2.98. The van der Waals surface area contributed by atoms with E-state index in [4.69, 9.17) is 4.43 Å². The molecule has 0 aromatic heterocycles. The Balaban J connectivity index is 2.54. The van der Waals surface area contributed by atoms with Crippen molar-refractivity contribution in [1.82, 2.24) is 0 Å². The molecule has 0 saturated carbocycles. The fourth-order valence-electron chi connectivity index (χ4n) is 2.20. The second kappa shape index (κ2) is 6.11. The lowest BCUT2D eigenvalue weighted by Gasteiger charge is -2.23. The predicted octanol–water partition coefficient (Wildman–Crippen LogP) is 4.93. The van der Waals surface area contributed by atoms with E-state index in [1.165, 1.54) is 16.4 Å². The average Bonchev–Trinajstić information content (AvgIpc) is 2.37. The number of benzene rings is 2. The highest BCUT2D eigenvalue weighted by Crippen LogP contribution is 2.36. The van der Waals surface area contributed by atoms with Gasteiger partial charge in [0.05, 0.1) is 0 Å². The zero-order valence-electron chi connectivity index (χ0n) is 13.0. The van der Waals surface area contributed by atoms with Crippen LogP contribution in [-0.4, -0.2) is 21.6 Å². The maximum Gasteiger partial charge on any atom is 0.242 e. The van der Waals surface area contributed by atoms with E-state index < -0.39 is 8.32 Å². The highest BCUT2D eigenvalue weighted by atomic mass is 31.1. The van der Waals surface area contributed by atoms with Crippen LogP contribution in [0.4, 0.5) is 0 Å². The molecule has 0 atom stereocenters. The monoisotopic (exact) mass is 302 g/mol. The summed E-state index contributed by atoms with van der Waals surface area (Å²) in [6.07, 6.45) is 0. The van der Waals surface area contributed by atoms with Crippen LogP contribution in [0.15, 0.2) is 48.5 Å². The molecule has 1 nitrogen and oxygen atoms in total. The van der Waals surface area contributed by atoms with E-state index in [1.807, 2.05) is 0 Å². The Morgan fingerprint density at radius 1 is 0.800 bits per heavy atom. The van der Waals surface area contributed by atoms with Crippen molar-refractivity contribution in [2.75, 3.05) is 13.3 Å². The first-order valence-electron chi connectivity index (χ1n) is 6.93. The molecule has 2 rings (SSSR count). The summed E-state index contributed by atoms with van der Waals surface area (Å²) in [4.78, 5) is 0. The van der Waals surface area contributed by atoms with Crippen molar-refractivity contribution in [2.24, 2.45) is 0 Å². The lowest BCUT2D eigenvalue weighted by atomic mass is 10.0. The molecule has 0 N–H and O–H groups in total. The Morgan fingerprint density at radius 3 is 1.95 bits per heavy atom. The van der Waals surface area contributed by atoms with Crippen molar-refractivity contribution in [3.05, 3.63) is 48.5 Å². The minimum atomic E-state index is -1.60. The fraction of sp³-hybridized carbons (Fsp3) is 0.294. The first-order chi connectivity index (χ1) is 9.38. The van der Waals surface area contributed by atoms with Gasteiger partial charge in [-0.3, -0.25) is 0 Å². The third kappa shape index (κ3) is 3.71. The van der Waals surface area contributed by atoms with Gasteiger partial charge in [-0.2, -0.15) is 0 Å². The molecular formula is C17H23OPSi. The molecule has 0 spiro atoms. The van der Waals surface area contributed by atoms with Crippen molar-refractivity contribution < 1.29 is 4.43 Å². The van der Waals surface area contributed by atoms with Gasteiger partial charge in [0.15, 0.2) is 0 Å². The van der Waals surface area contributed by atoms with Crippen molar-refractivity contribution in [3.63, 3.8) is 0 Å². The molecular weight excluding hydrogens is 279 g/mol. The van der Waals surface area contributed by atoms with Crippen LogP contribution >= 0.6 is 7.92 Å². The SMILES string of the molecule is CP(C)c1ccccc1-c1ccccc1O[Si](C)(C)C. The molecule has 0 heterocycles. The molecule has 0 amide bonds. The smallest absolute Gasteiger partial charge is 0.242 e. The molecule has 0 fully saturated rings. The molecule has 106 valence electrons. The van der Waals surface area contributed by atoms with Gasteiger partial charge in [0.2, 0.25) is 8.32 Å². The van der Waals surface area contributed by atoms with Gasteiger partial charge in [-0.05, 0) is 49.9 Å². The molecule has 20 heavy (non-hydrogen) atoms. The molecule has 0 radical (unpaired) electrons. The second-order valence-electron chi connectivity index (χ2n) is 6.12. The molecule has 2 aromatic carbocycles. The largest absolute Gasteiger partial charge is 0.544 e. The van der Waals surface area contributed by atoms with E-state index in [1.54, 1.807) is 0 Å². The van der Waals surface area contributed by atoms with E-state index in [-0.39, 0.29) is 7.92 Å². The van der Waals surface area contributed by atoms with Crippen molar-refractivity contribution in [2.45, 2.75) is 19.6 Å². The minimum Gasteiger partial charge on any atom is -0.544 e. The summed E-state index contributed by atoms with van der Waals surface area (Å²) in [5.41, 5.74) is 2.54. The maximum absolute atomic E-state index is 6.27. The van der Waals surface area contributed by atoms with Gasteiger partial charge in [-0.1, -0.05) is 50.4 Å². The van der Waals surface area contributed by atoms with Crippen LogP contribution < -0.4 is 9.73 Å². The molecule has 0 saturated heterocycles. The Bertz CT molecular complexity index is 588. The summed E-state index contributed by atoms with van der Waals surface area (Å²) in [5, 5.41) is 1.44. The number of hydrogen-bond donors (Lipinski definition) is 0. The predicted molar refractivity (Wildman–Crippen MR) is 94.3 cm³/mol. The zero-order valence-corrected chi connectivity index (χ0v) is 14.9. The van der Waals surface area contributed by atoms with E-state index in [2.05, 4.69) is 81.5 Å². The summed E-state index contributed by atoms with van der Waals surface area (Å²) < 4.78 is 6.27. The summed E-state index contributed by atoms with van der Waals surface area (Å²) in [5.74, 6) is 1.02. The van der Waals surface area contributed by atoms with Crippen LogP contribution in [0, 0.1) is 0 Å². The van der Waals surface area contributed by atoms with E-state index in [0.717, 1.165) is 5.75 Å². The number of hydrogen-bond acceptors (Lipinski definition) is 1. The van der Waals surface area contributed by atoms with Gasteiger partial charge in [-0.15, -0.1) is 0 Å². The lowest BCUT2D eigenvalue weighted by molar-refractivity contribution is 0.560. The van der Waals surface area contributed by atoms with Gasteiger partial charge >= 0.3 is 0 Å². The Hall–Kier alpha value is -1.11. The molecule has 0 aliphatic carbocycles. The fourth-order valence-corrected chi connectivity index (χ4v) is 4.10. The van der Waals surface area contributed by atoms with Crippen LogP contribution in [0.3, 0.4) is 0 Å². The highest BCUT2D eigenvalue weighted by Gasteiger charge is 2.19. The molecule has 0 bridgehead atoms. The Labute approximate surface area is 124 Å². The summed E-state index contributed by atoms with van der Waals surface area (Å²) >= 11 is 0. The summed E-state index contributed by atoms with van der Waals surface area (Å²) in [7, 11) is -1.73. The van der Waals surface area contributed by atoms with Gasteiger partial charge < -0.3 is 4.43 Å². The average molecular weight is 302 g/mol.